The van der Waals surface area contributed by atoms with Crippen molar-refractivity contribution in [1.29, 1.82) is 0 Å². The summed E-state index contributed by atoms with van der Waals surface area (Å²) in [6.07, 6.45) is 1.31. The predicted molar refractivity (Wildman–Crippen MR) is 92.1 cm³/mol. The highest BCUT2D eigenvalue weighted by molar-refractivity contribution is 5.73. The fourth-order valence-electron chi connectivity index (χ4n) is 3.15. The first-order chi connectivity index (χ1) is 11.9. The summed E-state index contributed by atoms with van der Waals surface area (Å²) in [4.78, 5) is 11.4. The minimum atomic E-state index is -1.69. The Bertz CT molecular complexity index is 390. The van der Waals surface area contributed by atoms with Crippen LogP contribution in [0.1, 0.15) is 71.6 Å². The van der Waals surface area contributed by atoms with Gasteiger partial charge in [-0.25, -0.2) is 4.79 Å². The Morgan fingerprint density at radius 2 is 1.56 bits per heavy atom. The number of aliphatic hydroxyl groups excluding tert-OH is 3. The molecule has 7 nitrogen and oxygen atoms in total. The first-order valence-electron chi connectivity index (χ1n) is 9.48. The second kappa shape index (κ2) is 11.1. The second-order valence-electron chi connectivity index (χ2n) is 6.83. The quantitative estimate of drug-likeness (QED) is 0.391. The number of hydrogen-bond donors (Lipinski definition) is 4. The first kappa shape index (κ1) is 22.3. The molecule has 1 saturated heterocycles. The SMILES string of the molecule is CCCCCCOC1(CCCCCC)O[C@H](C(=O)O)[C@H](O)[C@H](O)[C@H]1O. The highest BCUT2D eigenvalue weighted by atomic mass is 16.7. The van der Waals surface area contributed by atoms with E-state index in [0.29, 0.717) is 13.0 Å². The summed E-state index contributed by atoms with van der Waals surface area (Å²) in [7, 11) is 0. The lowest BCUT2D eigenvalue weighted by Gasteiger charge is -2.47. The van der Waals surface area contributed by atoms with Crippen molar-refractivity contribution in [1.82, 2.24) is 0 Å². The van der Waals surface area contributed by atoms with Gasteiger partial charge < -0.3 is 29.9 Å². The molecule has 0 aliphatic carbocycles. The van der Waals surface area contributed by atoms with Crippen LogP contribution in [0.3, 0.4) is 0 Å². The summed E-state index contributed by atoms with van der Waals surface area (Å²) in [5, 5.41) is 39.7. The molecule has 0 bridgehead atoms. The average Bonchev–Trinajstić information content (AvgIpc) is 2.59. The van der Waals surface area contributed by atoms with E-state index < -0.39 is 36.2 Å². The van der Waals surface area contributed by atoms with E-state index in [0.717, 1.165) is 44.9 Å². The van der Waals surface area contributed by atoms with E-state index in [-0.39, 0.29) is 6.42 Å². The molecular weight excluding hydrogens is 328 g/mol. The molecule has 0 amide bonds. The van der Waals surface area contributed by atoms with Gasteiger partial charge in [0.25, 0.3) is 0 Å². The summed E-state index contributed by atoms with van der Waals surface area (Å²) in [6.45, 7) is 4.48. The molecule has 4 N–H and O–H groups in total. The zero-order chi connectivity index (χ0) is 18.9. The van der Waals surface area contributed by atoms with E-state index in [1.54, 1.807) is 0 Å². The Balaban J connectivity index is 2.83. The maximum atomic E-state index is 11.4. The highest BCUT2D eigenvalue weighted by Crippen LogP contribution is 2.36. The van der Waals surface area contributed by atoms with Gasteiger partial charge in [0, 0.05) is 6.42 Å². The van der Waals surface area contributed by atoms with Crippen LogP contribution in [0.15, 0.2) is 0 Å². The molecular formula is C18H34O7. The van der Waals surface area contributed by atoms with Gasteiger partial charge >= 0.3 is 5.97 Å². The lowest BCUT2D eigenvalue weighted by atomic mass is 9.89. The number of carbonyl (C=O) groups is 1. The largest absolute Gasteiger partial charge is 0.479 e. The molecule has 0 radical (unpaired) electrons. The van der Waals surface area contributed by atoms with E-state index in [9.17, 15) is 25.2 Å². The number of carboxylic acids is 1. The van der Waals surface area contributed by atoms with Gasteiger partial charge in [-0.2, -0.15) is 0 Å². The normalized spacial score (nSPS) is 32.7. The molecule has 1 heterocycles. The minimum absolute atomic E-state index is 0.273. The monoisotopic (exact) mass is 362 g/mol. The molecule has 1 aliphatic heterocycles. The maximum Gasteiger partial charge on any atom is 0.335 e. The molecule has 25 heavy (non-hydrogen) atoms. The fourth-order valence-corrected chi connectivity index (χ4v) is 3.15. The van der Waals surface area contributed by atoms with Crippen molar-refractivity contribution in [2.75, 3.05) is 6.61 Å². The van der Waals surface area contributed by atoms with Crippen molar-refractivity contribution in [2.24, 2.45) is 0 Å². The Hall–Kier alpha value is -0.730. The van der Waals surface area contributed by atoms with Gasteiger partial charge in [-0.05, 0) is 12.8 Å². The number of rotatable bonds is 12. The summed E-state index contributed by atoms with van der Waals surface area (Å²) in [5.41, 5.74) is 0. The molecule has 5 atom stereocenters. The number of ether oxygens (including phenoxy) is 2. The van der Waals surface area contributed by atoms with Gasteiger partial charge in [-0.15, -0.1) is 0 Å². The number of aliphatic hydroxyl groups is 3. The summed E-state index contributed by atoms with van der Waals surface area (Å²) >= 11 is 0. The number of unbranched alkanes of at least 4 members (excludes halogenated alkanes) is 6. The van der Waals surface area contributed by atoms with Crippen molar-refractivity contribution in [3.8, 4) is 0 Å². The van der Waals surface area contributed by atoms with E-state index in [2.05, 4.69) is 13.8 Å². The van der Waals surface area contributed by atoms with Crippen LogP contribution in [0, 0.1) is 0 Å². The van der Waals surface area contributed by atoms with Crippen LogP contribution in [0.5, 0.6) is 0 Å². The van der Waals surface area contributed by atoms with Crippen molar-refractivity contribution >= 4 is 5.97 Å². The first-order valence-corrected chi connectivity index (χ1v) is 9.48. The molecule has 148 valence electrons. The molecule has 0 spiro atoms. The zero-order valence-electron chi connectivity index (χ0n) is 15.4. The zero-order valence-corrected chi connectivity index (χ0v) is 15.4. The molecule has 0 aromatic carbocycles. The molecule has 1 unspecified atom stereocenters. The Morgan fingerprint density at radius 3 is 2.12 bits per heavy atom. The fraction of sp³-hybridized carbons (Fsp3) is 0.944. The Kier molecular flexibility index (Phi) is 9.89. The number of hydrogen-bond acceptors (Lipinski definition) is 6. The van der Waals surface area contributed by atoms with Gasteiger partial charge in [0.2, 0.25) is 0 Å². The molecule has 1 fully saturated rings. The van der Waals surface area contributed by atoms with E-state index in [4.69, 9.17) is 9.47 Å². The van der Waals surface area contributed by atoms with Crippen LogP contribution >= 0.6 is 0 Å². The van der Waals surface area contributed by atoms with Gasteiger partial charge in [0.1, 0.15) is 18.3 Å². The summed E-state index contributed by atoms with van der Waals surface area (Å²) < 4.78 is 11.3. The third-order valence-corrected chi connectivity index (χ3v) is 4.73. The molecule has 0 aromatic rings. The summed E-state index contributed by atoms with van der Waals surface area (Å²) in [6, 6.07) is 0. The third-order valence-electron chi connectivity index (χ3n) is 4.73. The van der Waals surface area contributed by atoms with Crippen LogP contribution in [-0.4, -0.2) is 63.2 Å². The molecule has 0 saturated carbocycles. The van der Waals surface area contributed by atoms with Gasteiger partial charge in [-0.3, -0.25) is 0 Å². The lowest BCUT2D eigenvalue weighted by molar-refractivity contribution is -0.359. The third kappa shape index (κ3) is 6.18. The van der Waals surface area contributed by atoms with Crippen molar-refractivity contribution in [3.05, 3.63) is 0 Å². The van der Waals surface area contributed by atoms with Gasteiger partial charge in [0.05, 0.1) is 6.61 Å². The van der Waals surface area contributed by atoms with Gasteiger partial charge in [-0.1, -0.05) is 52.4 Å². The van der Waals surface area contributed by atoms with E-state index in [1.165, 1.54) is 0 Å². The molecule has 1 rings (SSSR count). The number of carboxylic acid groups (broad SMARTS) is 1. The van der Waals surface area contributed by atoms with Crippen molar-refractivity contribution in [2.45, 2.75) is 102 Å². The van der Waals surface area contributed by atoms with Crippen LogP contribution in [0.2, 0.25) is 0 Å². The van der Waals surface area contributed by atoms with Crippen LogP contribution in [0.4, 0.5) is 0 Å². The smallest absolute Gasteiger partial charge is 0.335 e. The average molecular weight is 362 g/mol. The van der Waals surface area contributed by atoms with Crippen molar-refractivity contribution < 1.29 is 34.7 Å². The molecule has 7 heteroatoms. The van der Waals surface area contributed by atoms with Crippen LogP contribution < -0.4 is 0 Å². The minimum Gasteiger partial charge on any atom is -0.479 e. The standard InChI is InChI=1S/C18H34O7/c1-3-5-7-9-11-18(24-12-10-8-6-4-2)16(21)14(20)13(19)15(25-18)17(22)23/h13-16,19-21H,3-12H2,1-2H3,(H,22,23)/t13-,14+,15+,16-,18?/m1/s1. The lowest BCUT2D eigenvalue weighted by Crippen LogP contribution is -2.67. The Labute approximate surface area is 150 Å². The van der Waals surface area contributed by atoms with Crippen LogP contribution in [-0.2, 0) is 14.3 Å². The van der Waals surface area contributed by atoms with Crippen molar-refractivity contribution in [3.63, 3.8) is 0 Å². The summed E-state index contributed by atoms with van der Waals surface area (Å²) in [5.74, 6) is -2.98. The van der Waals surface area contributed by atoms with Gasteiger partial charge in [0.15, 0.2) is 11.9 Å². The second-order valence-corrected chi connectivity index (χ2v) is 6.83. The number of aliphatic carboxylic acids is 1. The van der Waals surface area contributed by atoms with E-state index >= 15 is 0 Å². The molecule has 0 aromatic heterocycles. The highest BCUT2D eigenvalue weighted by Gasteiger charge is 2.56. The van der Waals surface area contributed by atoms with E-state index in [1.807, 2.05) is 0 Å². The topological polar surface area (TPSA) is 116 Å². The maximum absolute atomic E-state index is 11.4. The predicted octanol–water partition coefficient (Wildman–Crippen LogP) is 1.82. The Morgan fingerprint density at radius 1 is 0.960 bits per heavy atom. The molecule has 1 aliphatic rings. The van der Waals surface area contributed by atoms with Crippen LogP contribution in [0.25, 0.3) is 0 Å².